The monoisotopic (exact) mass is 423 g/mol. The van der Waals surface area contributed by atoms with Crippen LogP contribution in [0, 0.1) is 5.92 Å². The highest BCUT2D eigenvalue weighted by atomic mass is 35.5. The molecule has 0 radical (unpaired) electrons. The van der Waals surface area contributed by atoms with Gasteiger partial charge in [0.15, 0.2) is 0 Å². The fourth-order valence-corrected chi connectivity index (χ4v) is 4.32. The highest BCUT2D eigenvalue weighted by molar-refractivity contribution is 6.30. The molecule has 6 heteroatoms. The van der Waals surface area contributed by atoms with E-state index >= 15 is 0 Å². The Morgan fingerprint density at radius 2 is 2.00 bits per heavy atom. The molecule has 0 spiro atoms. The molecule has 30 heavy (non-hydrogen) atoms. The standard InChI is InChI=1S/C24H26ClN3O2/c25-19-4-2-5-21(12-19)28-13-17-3-1-6-22(17)23(14-28)27-20-9-7-16(8-10-20)11-18(15-29)24(26)30/h2,4-5,7-10,12,14,18,27,29H,1,3,6,11,13,15H2,(H2,26,30). The zero-order valence-corrected chi connectivity index (χ0v) is 17.5. The van der Waals surface area contributed by atoms with E-state index in [1.165, 1.54) is 17.6 Å². The topological polar surface area (TPSA) is 78.6 Å². The van der Waals surface area contributed by atoms with Crippen LogP contribution in [-0.4, -0.2) is 24.2 Å². The van der Waals surface area contributed by atoms with E-state index in [4.69, 9.17) is 17.3 Å². The molecule has 1 aliphatic carbocycles. The molecule has 4 rings (SSSR count). The summed E-state index contributed by atoms with van der Waals surface area (Å²) in [4.78, 5) is 13.6. The highest BCUT2D eigenvalue weighted by Gasteiger charge is 2.25. The van der Waals surface area contributed by atoms with E-state index in [0.717, 1.165) is 47.0 Å². The number of amides is 1. The van der Waals surface area contributed by atoms with E-state index in [1.54, 1.807) is 0 Å². The lowest BCUT2D eigenvalue weighted by atomic mass is 9.99. The van der Waals surface area contributed by atoms with E-state index in [0.29, 0.717) is 6.42 Å². The maximum atomic E-state index is 11.4. The molecule has 1 atom stereocenters. The van der Waals surface area contributed by atoms with Crippen molar-refractivity contribution in [2.24, 2.45) is 11.7 Å². The van der Waals surface area contributed by atoms with Crippen molar-refractivity contribution in [2.75, 3.05) is 23.4 Å². The van der Waals surface area contributed by atoms with Crippen molar-refractivity contribution in [3.8, 4) is 0 Å². The van der Waals surface area contributed by atoms with Crippen LogP contribution in [0.3, 0.4) is 0 Å². The minimum absolute atomic E-state index is 0.238. The number of hydrogen-bond donors (Lipinski definition) is 3. The fraction of sp³-hybridized carbons (Fsp3) is 0.292. The third kappa shape index (κ3) is 4.53. The SMILES string of the molecule is NC(=O)C(CO)Cc1ccc(NC2=CN(c3cccc(Cl)c3)CC3=C2CCC3)cc1. The molecule has 1 amide bonds. The van der Waals surface area contributed by atoms with Gasteiger partial charge >= 0.3 is 0 Å². The van der Waals surface area contributed by atoms with E-state index in [2.05, 4.69) is 22.5 Å². The first-order chi connectivity index (χ1) is 14.5. The Hall–Kier alpha value is -2.76. The number of nitrogens with two attached hydrogens (primary N) is 1. The lowest BCUT2D eigenvalue weighted by molar-refractivity contribution is -0.122. The normalized spacial score (nSPS) is 16.9. The van der Waals surface area contributed by atoms with E-state index in [-0.39, 0.29) is 6.61 Å². The lowest BCUT2D eigenvalue weighted by Crippen LogP contribution is -2.28. The minimum atomic E-state index is -0.553. The van der Waals surface area contributed by atoms with Gasteiger partial charge in [-0.15, -0.1) is 0 Å². The van der Waals surface area contributed by atoms with Crippen LogP contribution in [0.5, 0.6) is 0 Å². The molecule has 0 saturated heterocycles. The molecule has 0 fully saturated rings. The molecule has 0 bridgehead atoms. The average molecular weight is 424 g/mol. The third-order valence-electron chi connectivity index (χ3n) is 5.78. The van der Waals surface area contributed by atoms with Gasteiger partial charge in [0, 0.05) is 29.1 Å². The Balaban J connectivity index is 1.53. The number of carbonyl (C=O) groups is 1. The first-order valence-electron chi connectivity index (χ1n) is 10.2. The number of halogens is 1. The Bertz CT molecular complexity index is 998. The molecule has 2 aromatic rings. The molecular formula is C24H26ClN3O2. The fourth-order valence-electron chi connectivity index (χ4n) is 4.14. The summed E-state index contributed by atoms with van der Waals surface area (Å²) >= 11 is 6.20. The second kappa shape index (κ2) is 8.94. The molecule has 4 N–H and O–H groups in total. The van der Waals surface area contributed by atoms with Crippen molar-refractivity contribution in [1.29, 1.82) is 0 Å². The lowest BCUT2D eigenvalue weighted by Gasteiger charge is -2.29. The van der Waals surface area contributed by atoms with Gasteiger partial charge in [0.2, 0.25) is 5.91 Å². The predicted octanol–water partition coefficient (Wildman–Crippen LogP) is 4.23. The van der Waals surface area contributed by atoms with Gasteiger partial charge in [-0.05, 0) is 72.7 Å². The number of primary amides is 1. The summed E-state index contributed by atoms with van der Waals surface area (Å²) in [5.41, 5.74) is 12.4. The van der Waals surface area contributed by atoms with Crippen molar-refractivity contribution in [3.63, 3.8) is 0 Å². The summed E-state index contributed by atoms with van der Waals surface area (Å²) in [5, 5.41) is 13.6. The summed E-state index contributed by atoms with van der Waals surface area (Å²) in [7, 11) is 0. The molecule has 156 valence electrons. The van der Waals surface area contributed by atoms with E-state index < -0.39 is 11.8 Å². The molecule has 1 heterocycles. The number of rotatable bonds is 7. The van der Waals surface area contributed by atoms with Crippen LogP contribution in [0.4, 0.5) is 11.4 Å². The number of aliphatic hydroxyl groups is 1. The summed E-state index contributed by atoms with van der Waals surface area (Å²) < 4.78 is 0. The van der Waals surface area contributed by atoms with Crippen molar-refractivity contribution in [1.82, 2.24) is 0 Å². The van der Waals surface area contributed by atoms with Gasteiger partial charge in [-0.1, -0.05) is 29.8 Å². The highest BCUT2D eigenvalue weighted by Crippen LogP contribution is 2.37. The summed E-state index contributed by atoms with van der Waals surface area (Å²) in [6.07, 6.45) is 6.00. The molecule has 2 aliphatic rings. The number of anilines is 2. The Morgan fingerprint density at radius 1 is 1.20 bits per heavy atom. The molecule has 5 nitrogen and oxygen atoms in total. The first kappa shape index (κ1) is 20.5. The van der Waals surface area contributed by atoms with Gasteiger partial charge in [0.25, 0.3) is 0 Å². The van der Waals surface area contributed by atoms with Crippen LogP contribution in [0.2, 0.25) is 5.02 Å². The maximum absolute atomic E-state index is 11.4. The van der Waals surface area contributed by atoms with Crippen LogP contribution in [0.15, 0.2) is 71.6 Å². The minimum Gasteiger partial charge on any atom is -0.396 e. The number of carbonyl (C=O) groups excluding carboxylic acids is 1. The van der Waals surface area contributed by atoms with Crippen LogP contribution in [0.25, 0.3) is 0 Å². The van der Waals surface area contributed by atoms with Crippen LogP contribution < -0.4 is 16.0 Å². The predicted molar refractivity (Wildman–Crippen MR) is 121 cm³/mol. The maximum Gasteiger partial charge on any atom is 0.223 e. The van der Waals surface area contributed by atoms with Gasteiger partial charge in [0.1, 0.15) is 0 Å². The number of nitrogens with zero attached hydrogens (tertiary/aromatic N) is 1. The molecular weight excluding hydrogens is 398 g/mol. The van der Waals surface area contributed by atoms with Gasteiger partial charge in [-0.3, -0.25) is 4.79 Å². The number of aliphatic hydroxyl groups excluding tert-OH is 1. The van der Waals surface area contributed by atoms with Crippen LogP contribution in [-0.2, 0) is 11.2 Å². The average Bonchev–Trinajstić information content (AvgIpc) is 3.22. The Labute approximate surface area is 181 Å². The molecule has 1 unspecified atom stereocenters. The zero-order chi connectivity index (χ0) is 21.1. The quantitative estimate of drug-likeness (QED) is 0.622. The molecule has 2 aromatic carbocycles. The van der Waals surface area contributed by atoms with Gasteiger partial charge in [-0.25, -0.2) is 0 Å². The second-order valence-electron chi connectivity index (χ2n) is 7.89. The molecule has 0 aromatic heterocycles. The smallest absolute Gasteiger partial charge is 0.223 e. The number of allylic oxidation sites excluding steroid dienone is 1. The van der Waals surface area contributed by atoms with Gasteiger partial charge in [-0.2, -0.15) is 0 Å². The van der Waals surface area contributed by atoms with Gasteiger partial charge in [0.05, 0.1) is 18.2 Å². The second-order valence-corrected chi connectivity index (χ2v) is 8.33. The van der Waals surface area contributed by atoms with Gasteiger partial charge < -0.3 is 21.1 Å². The number of hydrogen-bond acceptors (Lipinski definition) is 4. The van der Waals surface area contributed by atoms with E-state index in [1.807, 2.05) is 42.5 Å². The first-order valence-corrected chi connectivity index (χ1v) is 10.6. The molecule has 0 saturated carbocycles. The van der Waals surface area contributed by atoms with Crippen molar-refractivity contribution in [3.05, 3.63) is 82.2 Å². The summed E-state index contributed by atoms with van der Waals surface area (Å²) in [6.45, 7) is 0.661. The van der Waals surface area contributed by atoms with Crippen molar-refractivity contribution in [2.45, 2.75) is 25.7 Å². The van der Waals surface area contributed by atoms with Crippen molar-refractivity contribution >= 4 is 28.9 Å². The number of nitrogens with one attached hydrogen (secondary N) is 1. The van der Waals surface area contributed by atoms with Crippen LogP contribution in [0.1, 0.15) is 24.8 Å². The molecule has 1 aliphatic heterocycles. The number of benzene rings is 2. The van der Waals surface area contributed by atoms with E-state index in [9.17, 15) is 9.90 Å². The van der Waals surface area contributed by atoms with Crippen LogP contribution >= 0.6 is 11.6 Å². The zero-order valence-electron chi connectivity index (χ0n) is 16.8. The van der Waals surface area contributed by atoms with Crippen molar-refractivity contribution < 1.29 is 9.90 Å². The largest absolute Gasteiger partial charge is 0.396 e. The Kier molecular flexibility index (Phi) is 6.11. The third-order valence-corrected chi connectivity index (χ3v) is 6.02. The Morgan fingerprint density at radius 3 is 2.70 bits per heavy atom. The summed E-state index contributed by atoms with van der Waals surface area (Å²) in [6, 6.07) is 15.9. The summed E-state index contributed by atoms with van der Waals surface area (Å²) in [5.74, 6) is -1.03.